The van der Waals surface area contributed by atoms with Crippen LogP contribution in [0.3, 0.4) is 0 Å². The molecule has 18 heteroatoms. The van der Waals surface area contributed by atoms with Crippen LogP contribution in [0, 0.1) is 51.4 Å². The van der Waals surface area contributed by atoms with E-state index in [-0.39, 0.29) is 29.9 Å². The monoisotopic (exact) mass is 2000 g/mol. The Kier molecular flexibility index (Phi) is 30.2. The Morgan fingerprint density at radius 1 is 0.259 bits per heavy atom. The summed E-state index contributed by atoms with van der Waals surface area (Å²) in [5, 5.41) is 33.5. The van der Waals surface area contributed by atoms with Gasteiger partial charge in [-0.15, -0.1) is 0 Å². The smallest absolute Gasteiger partial charge is 0.135 e. The van der Waals surface area contributed by atoms with Gasteiger partial charge in [0.15, 0.2) is 0 Å². The van der Waals surface area contributed by atoms with Crippen molar-refractivity contribution in [2.75, 3.05) is 41.2 Å². The van der Waals surface area contributed by atoms with Gasteiger partial charge in [0.1, 0.15) is 75.3 Å². The molecule has 12 nitrogen and oxygen atoms in total. The zero-order valence-corrected chi connectivity index (χ0v) is 85.2. The molecule has 0 saturated heterocycles. The summed E-state index contributed by atoms with van der Waals surface area (Å²) in [6, 6.07) is 111. The molecule has 0 unspecified atom stereocenters. The van der Waals surface area contributed by atoms with Crippen LogP contribution in [-0.4, -0.2) is 59.5 Å². The third-order valence-corrected chi connectivity index (χ3v) is 26.6. The van der Waals surface area contributed by atoms with Gasteiger partial charge in [0.05, 0.1) is 88.3 Å². The lowest BCUT2D eigenvalue weighted by molar-refractivity contribution is 0.242. The molecule has 0 aliphatic heterocycles. The Labute approximate surface area is 870 Å². The van der Waals surface area contributed by atoms with Crippen LogP contribution in [0.15, 0.2) is 340 Å². The van der Waals surface area contributed by atoms with E-state index in [0.29, 0.717) is 225 Å². The van der Waals surface area contributed by atoms with Crippen LogP contribution in [0.25, 0.3) is 189 Å². The minimum atomic E-state index is -0.694. The van der Waals surface area contributed by atoms with E-state index < -0.39 is 23.6 Å². The number of benzene rings is 18. The topological polar surface area (TPSA) is 154 Å². The normalized spacial score (nSPS) is 11.2. The zero-order chi connectivity index (χ0) is 103. The largest absolute Gasteiger partial charge is 0.497 e. The van der Waals surface area contributed by atoms with Gasteiger partial charge < -0.3 is 42.6 Å². The van der Waals surface area contributed by atoms with Gasteiger partial charge in [-0.25, -0.2) is 13.2 Å². The number of halogens is 6. The summed E-state index contributed by atoms with van der Waals surface area (Å²) >= 11 is 22.3. The molecule has 0 heterocycles. The number of ether oxygens (including phenoxy) is 9. The highest BCUT2D eigenvalue weighted by Gasteiger charge is 2.34. The molecule has 0 saturated carbocycles. The number of hydrogen-bond donors (Lipinski definition) is 0. The number of methoxy groups -OCH3 is 3. The number of nitrogens with zero attached hydrogens (tertiary/aromatic N) is 3. The molecular weight excluding hydrogens is 1900 g/mol. The molecule has 0 spiro atoms. The molecule has 147 heavy (non-hydrogen) atoms. The van der Waals surface area contributed by atoms with E-state index >= 15 is 13.2 Å². The van der Waals surface area contributed by atoms with Gasteiger partial charge in [-0.05, 0) is 308 Å². The van der Waals surface area contributed by atoms with Crippen LogP contribution in [0.1, 0.15) is 79.0 Å². The fraction of sp³-hybridized carbons (Fsp3) is 0.140. The van der Waals surface area contributed by atoms with Gasteiger partial charge in [-0.1, -0.05) is 229 Å². The van der Waals surface area contributed by atoms with E-state index in [1.54, 1.807) is 88.1 Å². The molecule has 0 amide bonds. The number of rotatable bonds is 32. The molecule has 18 aromatic carbocycles. The predicted molar refractivity (Wildman–Crippen MR) is 588 cm³/mol. The van der Waals surface area contributed by atoms with Gasteiger partial charge in [-0.2, -0.15) is 15.8 Å². The van der Waals surface area contributed by atoms with Gasteiger partial charge in [0.25, 0.3) is 0 Å². The summed E-state index contributed by atoms with van der Waals surface area (Å²) < 4.78 is 110. The molecule has 0 aromatic heterocycles. The first-order valence-corrected chi connectivity index (χ1v) is 49.7. The van der Waals surface area contributed by atoms with Crippen LogP contribution in [-0.2, 0) is 0 Å². The summed E-state index contributed by atoms with van der Waals surface area (Å²) in [7, 11) is 4.90. The molecule has 18 rings (SSSR count). The molecule has 0 N–H and O–H groups in total. The van der Waals surface area contributed by atoms with Crippen molar-refractivity contribution in [2.45, 2.75) is 80.6 Å². The molecule has 0 bridgehead atoms. The molecule has 0 fully saturated rings. The van der Waals surface area contributed by atoms with E-state index in [2.05, 4.69) is 60.7 Å². The summed E-state index contributed by atoms with van der Waals surface area (Å²) in [5.74, 6) is 3.12. The SMILES string of the molecule is CCOc1ccc(-c2c(OCC)cccc2-c2cccc(-c3cc(OC)ccc3-c3c(OC)cccc3-c3cccc(-c4cc(Cl)ccc4-c4c(Cl)cccc4-c4cc(F)c(-c5cccc(F)c5)c(-c5ccc(F)cc5)c4-c4ccccc4Cl)c3OC)c2OCC)c(-c2cccc(-c3cccc(OC(C)C)c3-c3ccc(OC(C)C)cc3-c3cccc(-c4cccc(C#N)c4-c4ccc(C#N)cc4)c3C#N)c2OC(C)C)c1. The van der Waals surface area contributed by atoms with Gasteiger partial charge in [0, 0.05) is 104 Å². The summed E-state index contributed by atoms with van der Waals surface area (Å²) in [6.45, 7) is 18.7. The first kappa shape index (κ1) is 100. The van der Waals surface area contributed by atoms with Crippen molar-refractivity contribution in [3.8, 4) is 259 Å². The highest BCUT2D eigenvalue weighted by Crippen LogP contribution is 2.60. The average Bonchev–Trinajstić information content (AvgIpc) is 0.733. The van der Waals surface area contributed by atoms with E-state index in [0.717, 1.165) is 50.1 Å². The second-order valence-corrected chi connectivity index (χ2v) is 37.1. The van der Waals surface area contributed by atoms with Gasteiger partial charge in [-0.3, -0.25) is 0 Å². The van der Waals surface area contributed by atoms with Gasteiger partial charge in [0.2, 0.25) is 0 Å². The van der Waals surface area contributed by atoms with Crippen LogP contribution in [0.4, 0.5) is 13.2 Å². The minimum absolute atomic E-state index is 0.0688. The summed E-state index contributed by atoms with van der Waals surface area (Å²) in [5.41, 5.74) is 21.8. The maximum atomic E-state index is 18.2. The second kappa shape index (κ2) is 44.2. The van der Waals surface area contributed by atoms with Crippen LogP contribution >= 0.6 is 34.8 Å². The third-order valence-electron chi connectivity index (χ3n) is 25.8. The Morgan fingerprint density at radius 3 is 1.29 bits per heavy atom. The van der Waals surface area contributed by atoms with Crippen molar-refractivity contribution >= 4 is 34.8 Å². The van der Waals surface area contributed by atoms with Crippen molar-refractivity contribution in [1.82, 2.24) is 0 Å². The summed E-state index contributed by atoms with van der Waals surface area (Å²) in [4.78, 5) is 0. The van der Waals surface area contributed by atoms with Crippen LogP contribution in [0.5, 0.6) is 51.7 Å². The Balaban J connectivity index is 0.802. The zero-order valence-electron chi connectivity index (χ0n) is 83.0. The number of nitriles is 3. The molecule has 18 aromatic rings. The molecule has 0 aliphatic carbocycles. The Morgan fingerprint density at radius 2 is 0.701 bits per heavy atom. The Hall–Kier alpha value is -16.7. The predicted octanol–water partition coefficient (Wildman–Crippen LogP) is 35.6. The first-order chi connectivity index (χ1) is 71.5. The minimum Gasteiger partial charge on any atom is -0.497 e. The van der Waals surface area contributed by atoms with E-state index in [4.69, 9.17) is 77.4 Å². The fourth-order valence-electron chi connectivity index (χ4n) is 19.9. The van der Waals surface area contributed by atoms with E-state index in [9.17, 15) is 15.8 Å². The van der Waals surface area contributed by atoms with Crippen molar-refractivity contribution in [2.24, 2.45) is 0 Å². The van der Waals surface area contributed by atoms with Crippen molar-refractivity contribution < 1.29 is 55.8 Å². The lowest BCUT2D eigenvalue weighted by Gasteiger charge is -2.26. The number of para-hydroxylation sites is 3. The highest BCUT2D eigenvalue weighted by atomic mass is 35.5. The van der Waals surface area contributed by atoms with Crippen molar-refractivity contribution in [3.05, 3.63) is 389 Å². The maximum absolute atomic E-state index is 18.2. The van der Waals surface area contributed by atoms with E-state index in [1.165, 1.54) is 36.4 Å². The van der Waals surface area contributed by atoms with Crippen molar-refractivity contribution in [1.29, 1.82) is 15.8 Å². The van der Waals surface area contributed by atoms with Crippen LogP contribution < -0.4 is 42.6 Å². The Bertz CT molecular complexity index is 8240. The standard InChI is InChI=1S/C129H101Cl3F3N3O9/c1-13-142-87-60-64-99(110(69-87)105-44-23-41-102(129(105)147-77(8)9)94-38-27-49-118(146-76(6)7)125(94)97-65-61-88(145-75(4)5)70-108(97)90-33-20-32-89(112(90)74-138)91-34-19-29-82(73-137)119(91)79-52-50-78(72-136)51-53-79)124-93(37-26-48-117(124)143-14-2)101-40-22-43-104(128(101)144-15-3)109-68-86(139-10)59-63-98(109)123-92(36-25-47-116(123)140-11)100-39-21-42-103(127(100)141-12)107-67-83(130)56-62-96(107)122-95(35-24-46-114(122)132)111-71-115(135)120(81-28-18-30-85(134)66-81)121(80-54-57-84(133)58-55-80)126(111)106-31-16-17-45-113(106)131/h16-71,75-77H,13-15H2,1-12H3. The third kappa shape index (κ3) is 20.0. The summed E-state index contributed by atoms with van der Waals surface area (Å²) in [6.07, 6.45) is -0.934. The lowest BCUT2D eigenvalue weighted by Crippen LogP contribution is -2.10. The molecule has 0 aliphatic rings. The quantitative estimate of drug-likeness (QED) is 0.0394. The second-order valence-electron chi connectivity index (χ2n) is 35.9. The lowest BCUT2D eigenvalue weighted by atomic mass is 9.80. The fourth-order valence-corrected chi connectivity index (χ4v) is 20.6. The maximum Gasteiger partial charge on any atom is 0.135 e. The van der Waals surface area contributed by atoms with Gasteiger partial charge >= 0.3 is 0 Å². The molecule has 0 radical (unpaired) electrons. The van der Waals surface area contributed by atoms with Crippen molar-refractivity contribution in [3.63, 3.8) is 0 Å². The van der Waals surface area contributed by atoms with E-state index in [1.807, 2.05) is 256 Å². The molecule has 728 valence electrons. The molecular formula is C129H101Cl3F3N3O9. The molecule has 0 atom stereocenters. The number of hydrogen-bond acceptors (Lipinski definition) is 12. The van der Waals surface area contributed by atoms with Crippen LogP contribution in [0.2, 0.25) is 15.1 Å². The average molecular weight is 2000 g/mol. The first-order valence-electron chi connectivity index (χ1n) is 48.5. The highest BCUT2D eigenvalue weighted by molar-refractivity contribution is 6.36.